The highest BCUT2D eigenvalue weighted by atomic mass is 16.6. The third kappa shape index (κ3) is 4.54. The van der Waals surface area contributed by atoms with E-state index >= 15 is 0 Å². The average molecular weight is 311 g/mol. The summed E-state index contributed by atoms with van der Waals surface area (Å²) in [4.78, 5) is 21.9. The van der Waals surface area contributed by atoms with E-state index in [-0.39, 0.29) is 24.4 Å². The van der Waals surface area contributed by atoms with Crippen molar-refractivity contribution in [1.82, 2.24) is 0 Å². The van der Waals surface area contributed by atoms with E-state index in [0.717, 1.165) is 5.56 Å². The van der Waals surface area contributed by atoms with E-state index in [9.17, 15) is 14.9 Å². The van der Waals surface area contributed by atoms with Crippen LogP contribution in [0.3, 0.4) is 0 Å². The van der Waals surface area contributed by atoms with Crippen LogP contribution in [0.4, 0.5) is 11.4 Å². The molecule has 1 N–H and O–H groups in total. The van der Waals surface area contributed by atoms with Gasteiger partial charge in [0.1, 0.15) is 24.5 Å². The number of nitrogens with zero attached hydrogens (tertiary/aromatic N) is 2. The maximum atomic E-state index is 11.4. The Hall–Kier alpha value is -3.40. The topological polar surface area (TPSA) is 105 Å². The van der Waals surface area contributed by atoms with Crippen molar-refractivity contribution in [2.24, 2.45) is 0 Å². The monoisotopic (exact) mass is 311 g/mol. The number of carbonyl (C=O) groups excluding carboxylic acids is 1. The molecule has 7 heteroatoms. The third-order valence-electron chi connectivity index (χ3n) is 2.93. The summed E-state index contributed by atoms with van der Waals surface area (Å²) in [5, 5.41) is 21.9. The summed E-state index contributed by atoms with van der Waals surface area (Å²) in [5.41, 5.74) is 0.672. The van der Waals surface area contributed by atoms with Crippen molar-refractivity contribution in [1.29, 1.82) is 5.26 Å². The van der Waals surface area contributed by atoms with Crippen molar-refractivity contribution in [2.45, 2.75) is 13.0 Å². The minimum absolute atomic E-state index is 0.0299. The number of nitro benzene ring substituents is 1. The molecule has 23 heavy (non-hydrogen) atoms. The Labute approximate surface area is 132 Å². The van der Waals surface area contributed by atoms with Gasteiger partial charge in [0.2, 0.25) is 5.91 Å². The molecular formula is C16H13N3O4. The predicted molar refractivity (Wildman–Crippen MR) is 82.7 cm³/mol. The van der Waals surface area contributed by atoms with Crippen LogP contribution in [-0.4, -0.2) is 10.8 Å². The van der Waals surface area contributed by atoms with E-state index in [4.69, 9.17) is 10.00 Å². The van der Waals surface area contributed by atoms with Gasteiger partial charge < -0.3 is 10.1 Å². The molecule has 7 nitrogen and oxygen atoms in total. The zero-order chi connectivity index (χ0) is 16.7. The van der Waals surface area contributed by atoms with E-state index in [1.807, 2.05) is 30.3 Å². The summed E-state index contributed by atoms with van der Waals surface area (Å²) in [6.45, 7) is 0.276. The molecule has 0 saturated heterocycles. The Morgan fingerprint density at radius 1 is 1.26 bits per heavy atom. The number of nitro groups is 1. The molecule has 0 saturated carbocycles. The number of carbonyl (C=O) groups is 1. The first-order chi connectivity index (χ1) is 11.1. The SMILES string of the molecule is N#CCC(=O)Nc1ccc(OCc2ccccc2)cc1[N+](=O)[O-]. The molecule has 0 heterocycles. The van der Waals surface area contributed by atoms with Crippen molar-refractivity contribution in [3.63, 3.8) is 0 Å². The fraction of sp³-hybridized carbons (Fsp3) is 0.125. The van der Waals surface area contributed by atoms with E-state index in [1.165, 1.54) is 18.2 Å². The van der Waals surface area contributed by atoms with Gasteiger partial charge in [-0.25, -0.2) is 0 Å². The minimum Gasteiger partial charge on any atom is -0.489 e. The molecular weight excluding hydrogens is 298 g/mol. The van der Waals surface area contributed by atoms with Crippen LogP contribution in [0.5, 0.6) is 5.75 Å². The van der Waals surface area contributed by atoms with Gasteiger partial charge in [-0.05, 0) is 17.7 Å². The number of hydrogen-bond donors (Lipinski definition) is 1. The number of amides is 1. The first-order valence-corrected chi connectivity index (χ1v) is 6.72. The van der Waals surface area contributed by atoms with Gasteiger partial charge in [-0.1, -0.05) is 30.3 Å². The van der Waals surface area contributed by atoms with Crippen LogP contribution >= 0.6 is 0 Å². The van der Waals surface area contributed by atoms with Crippen LogP contribution in [-0.2, 0) is 11.4 Å². The van der Waals surface area contributed by atoms with Gasteiger partial charge >= 0.3 is 0 Å². The second-order valence-electron chi connectivity index (χ2n) is 4.59. The normalized spacial score (nSPS) is 9.70. The standard InChI is InChI=1S/C16H13N3O4/c17-9-8-16(20)18-14-7-6-13(10-15(14)19(21)22)23-11-12-4-2-1-3-5-12/h1-7,10H,8,11H2,(H,18,20). The maximum Gasteiger partial charge on any atom is 0.296 e. The maximum absolute atomic E-state index is 11.4. The largest absolute Gasteiger partial charge is 0.489 e. The molecule has 0 unspecified atom stereocenters. The summed E-state index contributed by atoms with van der Waals surface area (Å²) in [5.74, 6) is -0.285. The van der Waals surface area contributed by atoms with Crippen LogP contribution in [0.25, 0.3) is 0 Å². The Bertz CT molecular complexity index is 754. The first-order valence-electron chi connectivity index (χ1n) is 6.72. The summed E-state index contributed by atoms with van der Waals surface area (Å²) in [6, 6.07) is 15.2. The summed E-state index contributed by atoms with van der Waals surface area (Å²) >= 11 is 0. The zero-order valence-electron chi connectivity index (χ0n) is 12.1. The van der Waals surface area contributed by atoms with Crippen molar-refractivity contribution < 1.29 is 14.5 Å². The second-order valence-corrected chi connectivity index (χ2v) is 4.59. The molecule has 0 bridgehead atoms. The molecule has 0 aliphatic carbocycles. The van der Waals surface area contributed by atoms with Gasteiger partial charge in [0.05, 0.1) is 17.1 Å². The third-order valence-corrected chi connectivity index (χ3v) is 2.93. The van der Waals surface area contributed by atoms with Gasteiger partial charge in [-0.15, -0.1) is 0 Å². The number of nitriles is 1. The van der Waals surface area contributed by atoms with Crippen molar-refractivity contribution in [3.05, 3.63) is 64.2 Å². The molecule has 0 aliphatic rings. The summed E-state index contributed by atoms with van der Waals surface area (Å²) < 4.78 is 5.52. The first kappa shape index (κ1) is 16.0. The van der Waals surface area contributed by atoms with Crippen molar-refractivity contribution in [3.8, 4) is 11.8 Å². The van der Waals surface area contributed by atoms with Crippen LogP contribution in [0.15, 0.2) is 48.5 Å². The van der Waals surface area contributed by atoms with Crippen molar-refractivity contribution >= 4 is 17.3 Å². The average Bonchev–Trinajstić information content (AvgIpc) is 2.55. The predicted octanol–water partition coefficient (Wildman–Crippen LogP) is 3.03. The van der Waals surface area contributed by atoms with E-state index in [1.54, 1.807) is 6.07 Å². The fourth-order valence-electron chi connectivity index (χ4n) is 1.87. The molecule has 0 fully saturated rings. The molecule has 0 aliphatic heterocycles. The Morgan fingerprint density at radius 2 is 2.00 bits per heavy atom. The number of nitrogens with one attached hydrogen (secondary N) is 1. The zero-order valence-corrected chi connectivity index (χ0v) is 12.1. The molecule has 0 atom stereocenters. The molecule has 2 aromatic rings. The Morgan fingerprint density at radius 3 is 2.65 bits per heavy atom. The van der Waals surface area contributed by atoms with E-state index in [2.05, 4.69) is 5.32 Å². The number of benzene rings is 2. The number of ether oxygens (including phenoxy) is 1. The van der Waals surface area contributed by atoms with Crippen LogP contribution < -0.4 is 10.1 Å². The second kappa shape index (κ2) is 7.56. The van der Waals surface area contributed by atoms with Gasteiger partial charge in [0, 0.05) is 0 Å². The number of rotatable bonds is 6. The quantitative estimate of drug-likeness (QED) is 0.652. The summed E-state index contributed by atoms with van der Waals surface area (Å²) in [6.07, 6.45) is -0.372. The number of anilines is 1. The summed E-state index contributed by atoms with van der Waals surface area (Å²) in [7, 11) is 0. The molecule has 0 radical (unpaired) electrons. The lowest BCUT2D eigenvalue weighted by atomic mass is 10.2. The Balaban J connectivity index is 2.14. The molecule has 0 aromatic heterocycles. The smallest absolute Gasteiger partial charge is 0.296 e. The van der Waals surface area contributed by atoms with Gasteiger partial charge in [-0.3, -0.25) is 14.9 Å². The highest BCUT2D eigenvalue weighted by Crippen LogP contribution is 2.29. The Kier molecular flexibility index (Phi) is 5.25. The fourth-order valence-corrected chi connectivity index (χ4v) is 1.87. The minimum atomic E-state index is -0.614. The van der Waals surface area contributed by atoms with Crippen molar-refractivity contribution in [2.75, 3.05) is 5.32 Å². The highest BCUT2D eigenvalue weighted by molar-refractivity contribution is 5.94. The van der Waals surface area contributed by atoms with Gasteiger partial charge in [0.25, 0.3) is 5.69 Å². The molecule has 1 amide bonds. The lowest BCUT2D eigenvalue weighted by molar-refractivity contribution is -0.384. The lowest BCUT2D eigenvalue weighted by Crippen LogP contribution is -2.11. The lowest BCUT2D eigenvalue weighted by Gasteiger charge is -2.09. The molecule has 0 spiro atoms. The molecule has 2 rings (SSSR count). The van der Waals surface area contributed by atoms with Crippen LogP contribution in [0, 0.1) is 21.4 Å². The number of hydrogen-bond acceptors (Lipinski definition) is 5. The molecule has 116 valence electrons. The van der Waals surface area contributed by atoms with E-state index in [0.29, 0.717) is 5.75 Å². The van der Waals surface area contributed by atoms with Gasteiger partial charge in [0.15, 0.2) is 0 Å². The van der Waals surface area contributed by atoms with Crippen LogP contribution in [0.1, 0.15) is 12.0 Å². The van der Waals surface area contributed by atoms with E-state index < -0.39 is 10.8 Å². The molecule has 2 aromatic carbocycles. The highest BCUT2D eigenvalue weighted by Gasteiger charge is 2.17. The van der Waals surface area contributed by atoms with Gasteiger partial charge in [-0.2, -0.15) is 5.26 Å². The van der Waals surface area contributed by atoms with Crippen LogP contribution in [0.2, 0.25) is 0 Å².